The number of hydrogen-bond donors (Lipinski definition) is 0. The summed E-state index contributed by atoms with van der Waals surface area (Å²) in [6, 6.07) is 10.3. The van der Waals surface area contributed by atoms with Gasteiger partial charge >= 0.3 is 0 Å². The minimum Gasteiger partial charge on any atom is -0.493 e. The number of ether oxygens (including phenoxy) is 4. The molecular formula is C26H31NO6. The minimum atomic E-state index is -0.131. The largest absolute Gasteiger partial charge is 0.493 e. The Bertz CT molecular complexity index is 1140. The molecule has 7 nitrogen and oxygen atoms in total. The lowest BCUT2D eigenvalue weighted by molar-refractivity contribution is 0.160. The van der Waals surface area contributed by atoms with E-state index in [2.05, 4.69) is 11.8 Å². The highest BCUT2D eigenvalue weighted by Crippen LogP contribution is 2.41. The maximum absolute atomic E-state index is 12.8. The molecule has 1 saturated heterocycles. The smallest absolute Gasteiger partial charge is 0.203 e. The fourth-order valence-corrected chi connectivity index (χ4v) is 4.17. The third-order valence-corrected chi connectivity index (χ3v) is 6.20. The van der Waals surface area contributed by atoms with Crippen LogP contribution in [0.4, 0.5) is 0 Å². The molecule has 1 aliphatic heterocycles. The molecule has 1 aliphatic rings. The van der Waals surface area contributed by atoms with E-state index in [1.807, 2.05) is 6.07 Å². The van der Waals surface area contributed by atoms with Crippen molar-refractivity contribution in [2.75, 3.05) is 47.6 Å². The van der Waals surface area contributed by atoms with E-state index in [4.69, 9.17) is 23.4 Å². The standard InChI is InChI=1S/C26H31NO6/c1-17-7-9-27(10-8-17)11-12-32-19-5-6-20-21(28)16-22(33-23(20)15-19)18-13-24(29-2)26(31-4)25(14-18)30-3/h5-6,13-17H,7-12H2,1-4H3. The molecule has 3 aromatic rings. The second kappa shape index (κ2) is 10.2. The molecule has 0 aliphatic carbocycles. The summed E-state index contributed by atoms with van der Waals surface area (Å²) in [5.74, 6) is 3.35. The Hall–Kier alpha value is -3.19. The molecule has 0 saturated carbocycles. The van der Waals surface area contributed by atoms with Crippen LogP contribution in [0.15, 0.2) is 45.6 Å². The zero-order valence-corrected chi connectivity index (χ0v) is 19.7. The number of hydrogen-bond acceptors (Lipinski definition) is 7. The molecule has 2 heterocycles. The molecule has 0 unspecified atom stereocenters. The maximum atomic E-state index is 12.8. The summed E-state index contributed by atoms with van der Waals surface area (Å²) in [4.78, 5) is 15.2. The number of piperidine rings is 1. The van der Waals surface area contributed by atoms with Crippen LogP contribution in [0.5, 0.6) is 23.0 Å². The van der Waals surface area contributed by atoms with E-state index in [1.54, 1.807) is 45.6 Å². The Morgan fingerprint density at radius 1 is 0.970 bits per heavy atom. The lowest BCUT2D eigenvalue weighted by atomic mass is 9.99. The number of likely N-dealkylation sites (tertiary alicyclic amines) is 1. The first kappa shape index (κ1) is 23.0. The molecule has 0 atom stereocenters. The van der Waals surface area contributed by atoms with Crippen LogP contribution in [0, 0.1) is 5.92 Å². The second-order valence-electron chi connectivity index (χ2n) is 8.42. The van der Waals surface area contributed by atoms with Gasteiger partial charge in [-0.05, 0) is 56.1 Å². The first-order valence-electron chi connectivity index (χ1n) is 11.3. The Morgan fingerprint density at radius 3 is 2.30 bits per heavy atom. The van der Waals surface area contributed by atoms with Gasteiger partial charge in [0, 0.05) is 24.2 Å². The molecule has 0 N–H and O–H groups in total. The van der Waals surface area contributed by atoms with Crippen molar-refractivity contribution in [2.45, 2.75) is 19.8 Å². The molecular weight excluding hydrogens is 422 g/mol. The molecule has 7 heteroatoms. The normalized spacial score (nSPS) is 14.9. The van der Waals surface area contributed by atoms with E-state index in [9.17, 15) is 4.79 Å². The van der Waals surface area contributed by atoms with Crippen LogP contribution in [-0.4, -0.2) is 52.5 Å². The number of benzene rings is 2. The van der Waals surface area contributed by atoms with Crippen molar-refractivity contribution in [3.63, 3.8) is 0 Å². The lowest BCUT2D eigenvalue weighted by Crippen LogP contribution is -2.35. The summed E-state index contributed by atoms with van der Waals surface area (Å²) in [5.41, 5.74) is 0.985. The Kier molecular flexibility index (Phi) is 7.08. The first-order chi connectivity index (χ1) is 16.0. The van der Waals surface area contributed by atoms with Crippen LogP contribution < -0.4 is 24.4 Å². The van der Waals surface area contributed by atoms with Gasteiger partial charge in [0.15, 0.2) is 16.9 Å². The van der Waals surface area contributed by atoms with Gasteiger partial charge in [-0.1, -0.05) is 6.92 Å². The van der Waals surface area contributed by atoms with Gasteiger partial charge in [0.1, 0.15) is 23.7 Å². The molecule has 1 fully saturated rings. The van der Waals surface area contributed by atoms with Crippen LogP contribution in [0.3, 0.4) is 0 Å². The molecule has 176 valence electrons. The van der Waals surface area contributed by atoms with Crippen molar-refractivity contribution in [1.82, 2.24) is 4.90 Å². The summed E-state index contributed by atoms with van der Waals surface area (Å²) in [6.07, 6.45) is 2.48. The molecule has 1 aromatic heterocycles. The second-order valence-corrected chi connectivity index (χ2v) is 8.42. The molecule has 0 spiro atoms. The van der Waals surface area contributed by atoms with Gasteiger partial charge in [-0.15, -0.1) is 0 Å². The minimum absolute atomic E-state index is 0.131. The Morgan fingerprint density at radius 2 is 1.67 bits per heavy atom. The van der Waals surface area contributed by atoms with Crippen molar-refractivity contribution in [1.29, 1.82) is 0 Å². The zero-order chi connectivity index (χ0) is 23.4. The molecule has 4 rings (SSSR count). The third-order valence-electron chi connectivity index (χ3n) is 6.20. The number of fused-ring (bicyclic) bond motifs is 1. The average Bonchev–Trinajstić information content (AvgIpc) is 2.84. The van der Waals surface area contributed by atoms with Crippen LogP contribution in [0.1, 0.15) is 19.8 Å². The van der Waals surface area contributed by atoms with Crippen molar-refractivity contribution >= 4 is 11.0 Å². The molecule has 0 radical (unpaired) electrons. The van der Waals surface area contributed by atoms with Gasteiger partial charge in [-0.2, -0.15) is 0 Å². The summed E-state index contributed by atoms with van der Waals surface area (Å²) in [6.45, 7) is 6.03. The van der Waals surface area contributed by atoms with Gasteiger partial charge in [0.2, 0.25) is 5.75 Å². The highest BCUT2D eigenvalue weighted by Gasteiger charge is 2.17. The fourth-order valence-electron chi connectivity index (χ4n) is 4.17. The summed E-state index contributed by atoms with van der Waals surface area (Å²) in [7, 11) is 4.64. The summed E-state index contributed by atoms with van der Waals surface area (Å²) >= 11 is 0. The number of nitrogens with zero attached hydrogens (tertiary/aromatic N) is 1. The molecule has 2 aromatic carbocycles. The van der Waals surface area contributed by atoms with Crippen LogP contribution >= 0.6 is 0 Å². The van der Waals surface area contributed by atoms with E-state index in [1.165, 1.54) is 18.9 Å². The van der Waals surface area contributed by atoms with Crippen molar-refractivity contribution in [2.24, 2.45) is 5.92 Å². The van der Waals surface area contributed by atoms with Gasteiger partial charge in [-0.3, -0.25) is 9.69 Å². The average molecular weight is 454 g/mol. The summed E-state index contributed by atoms with van der Waals surface area (Å²) < 4.78 is 28.3. The number of rotatable bonds is 8. The molecule has 0 amide bonds. The first-order valence-corrected chi connectivity index (χ1v) is 11.3. The van der Waals surface area contributed by atoms with Gasteiger partial charge < -0.3 is 23.4 Å². The Labute approximate surface area is 193 Å². The van der Waals surface area contributed by atoms with Crippen LogP contribution in [-0.2, 0) is 0 Å². The fraction of sp³-hybridized carbons (Fsp3) is 0.423. The molecule has 33 heavy (non-hydrogen) atoms. The van der Waals surface area contributed by atoms with Crippen molar-refractivity contribution < 1.29 is 23.4 Å². The van der Waals surface area contributed by atoms with Gasteiger partial charge in [0.05, 0.1) is 26.7 Å². The van der Waals surface area contributed by atoms with Gasteiger partial charge in [0.25, 0.3) is 0 Å². The monoisotopic (exact) mass is 453 g/mol. The zero-order valence-electron chi connectivity index (χ0n) is 19.7. The van der Waals surface area contributed by atoms with E-state index in [-0.39, 0.29) is 5.43 Å². The Balaban J connectivity index is 1.58. The maximum Gasteiger partial charge on any atom is 0.203 e. The van der Waals surface area contributed by atoms with Crippen molar-refractivity contribution in [3.8, 4) is 34.3 Å². The highest BCUT2D eigenvalue weighted by atomic mass is 16.5. The summed E-state index contributed by atoms with van der Waals surface area (Å²) in [5, 5.41) is 0.503. The molecule has 0 bridgehead atoms. The quantitative estimate of drug-likeness (QED) is 0.494. The highest BCUT2D eigenvalue weighted by molar-refractivity contribution is 5.80. The van der Waals surface area contributed by atoms with E-state index < -0.39 is 0 Å². The topological polar surface area (TPSA) is 70.4 Å². The third kappa shape index (κ3) is 5.09. The van der Waals surface area contributed by atoms with E-state index in [0.717, 1.165) is 25.6 Å². The SMILES string of the molecule is COc1cc(-c2cc(=O)c3ccc(OCCN4CCC(C)CC4)cc3o2)cc(OC)c1OC. The predicted octanol–water partition coefficient (Wildman–Crippen LogP) is 4.60. The van der Waals surface area contributed by atoms with E-state index >= 15 is 0 Å². The van der Waals surface area contributed by atoms with Gasteiger partial charge in [-0.25, -0.2) is 0 Å². The predicted molar refractivity (Wildman–Crippen MR) is 128 cm³/mol. The van der Waals surface area contributed by atoms with Crippen molar-refractivity contribution in [3.05, 3.63) is 46.6 Å². The van der Waals surface area contributed by atoms with Crippen LogP contribution in [0.2, 0.25) is 0 Å². The van der Waals surface area contributed by atoms with Crippen LogP contribution in [0.25, 0.3) is 22.3 Å². The van der Waals surface area contributed by atoms with E-state index in [0.29, 0.717) is 51.9 Å². The lowest BCUT2D eigenvalue weighted by Gasteiger charge is -2.29. The number of methoxy groups -OCH3 is 3.